The Bertz CT molecular complexity index is 992. The van der Waals surface area contributed by atoms with Gasteiger partial charge in [-0.25, -0.2) is 0 Å². The van der Waals surface area contributed by atoms with Gasteiger partial charge in [0.25, 0.3) is 0 Å². The third kappa shape index (κ3) is 5.33. The van der Waals surface area contributed by atoms with E-state index in [2.05, 4.69) is 65.0 Å². The van der Waals surface area contributed by atoms with Gasteiger partial charge in [-0.3, -0.25) is 0 Å². The third-order valence-electron chi connectivity index (χ3n) is 7.10. The van der Waals surface area contributed by atoms with E-state index in [1.165, 1.54) is 93.4 Å². The van der Waals surface area contributed by atoms with E-state index in [0.717, 1.165) is 0 Å². The molecule has 0 aliphatic rings. The van der Waals surface area contributed by atoms with Crippen LogP contribution in [0.5, 0.6) is 0 Å². The lowest BCUT2D eigenvalue weighted by Crippen LogP contribution is -2.08. The van der Waals surface area contributed by atoms with E-state index in [4.69, 9.17) is 0 Å². The molecule has 0 saturated heterocycles. The minimum Gasteiger partial charge on any atom is -0.0654 e. The molecule has 0 heterocycles. The molecule has 0 bridgehead atoms. The lowest BCUT2D eigenvalue weighted by atomic mass is 9.81. The lowest BCUT2D eigenvalue weighted by Gasteiger charge is -2.24. The third-order valence-corrected chi connectivity index (χ3v) is 7.10. The van der Waals surface area contributed by atoms with Crippen LogP contribution in [0, 0.1) is 6.92 Å². The van der Waals surface area contributed by atoms with Crippen LogP contribution in [0.15, 0.2) is 30.3 Å². The summed E-state index contributed by atoms with van der Waals surface area (Å²) in [7, 11) is 0. The maximum absolute atomic E-state index is 2.56. The molecule has 0 aliphatic heterocycles. The largest absolute Gasteiger partial charge is 0.0654 e. The van der Waals surface area contributed by atoms with Gasteiger partial charge in [-0.1, -0.05) is 71.6 Å². The summed E-state index contributed by atoms with van der Waals surface area (Å²) in [5, 5.41) is 5.98. The van der Waals surface area contributed by atoms with Gasteiger partial charge in [-0.15, -0.1) is 0 Å². The molecule has 3 aromatic rings. The molecule has 0 fully saturated rings. The quantitative estimate of drug-likeness (QED) is 0.258. The molecular formula is C31H44. The number of benzene rings is 3. The van der Waals surface area contributed by atoms with Crippen molar-refractivity contribution in [2.75, 3.05) is 0 Å². The van der Waals surface area contributed by atoms with Gasteiger partial charge in [0.15, 0.2) is 0 Å². The summed E-state index contributed by atoms with van der Waals surface area (Å²) in [6.07, 6.45) is 15.3. The van der Waals surface area contributed by atoms with E-state index < -0.39 is 0 Å². The number of hydrogen-bond donors (Lipinski definition) is 0. The Balaban J connectivity index is 2.39. The lowest BCUT2D eigenvalue weighted by molar-refractivity contribution is 0.724. The van der Waals surface area contributed by atoms with Crippen LogP contribution in [0.4, 0.5) is 0 Å². The van der Waals surface area contributed by atoms with Crippen LogP contribution in [-0.2, 0) is 25.7 Å². The Labute approximate surface area is 191 Å². The Morgan fingerprint density at radius 2 is 0.968 bits per heavy atom. The van der Waals surface area contributed by atoms with E-state index in [-0.39, 0.29) is 0 Å². The highest BCUT2D eigenvalue weighted by Crippen LogP contribution is 2.38. The summed E-state index contributed by atoms with van der Waals surface area (Å²) in [5.41, 5.74) is 8.23. The Kier molecular flexibility index (Phi) is 9.00. The van der Waals surface area contributed by atoms with Gasteiger partial charge < -0.3 is 0 Å². The Hall–Kier alpha value is -1.82. The first kappa shape index (κ1) is 23.8. The molecule has 0 heteroatoms. The first-order chi connectivity index (χ1) is 15.2. The maximum atomic E-state index is 2.56. The van der Waals surface area contributed by atoms with Crippen molar-refractivity contribution in [3.63, 3.8) is 0 Å². The van der Waals surface area contributed by atoms with Gasteiger partial charge in [0.1, 0.15) is 0 Å². The highest BCUT2D eigenvalue weighted by Gasteiger charge is 2.19. The Morgan fingerprint density at radius 3 is 1.45 bits per heavy atom. The van der Waals surface area contributed by atoms with Crippen molar-refractivity contribution in [2.24, 2.45) is 0 Å². The normalized spacial score (nSPS) is 11.6. The number of aryl methyl sites for hydroxylation is 3. The van der Waals surface area contributed by atoms with Crippen LogP contribution in [-0.4, -0.2) is 0 Å². The smallest absolute Gasteiger partial charge is 0.0140 e. The van der Waals surface area contributed by atoms with Gasteiger partial charge in [0, 0.05) is 0 Å². The molecule has 0 aromatic heterocycles. The van der Waals surface area contributed by atoms with E-state index in [1.54, 1.807) is 33.0 Å². The fourth-order valence-corrected chi connectivity index (χ4v) is 5.26. The zero-order valence-corrected chi connectivity index (χ0v) is 20.9. The molecule has 0 aliphatic carbocycles. The van der Waals surface area contributed by atoms with Crippen LogP contribution >= 0.6 is 0 Å². The van der Waals surface area contributed by atoms with Gasteiger partial charge >= 0.3 is 0 Å². The van der Waals surface area contributed by atoms with Crippen LogP contribution in [0.1, 0.15) is 107 Å². The molecule has 0 nitrogen and oxygen atoms in total. The number of hydrogen-bond acceptors (Lipinski definition) is 0. The zero-order valence-electron chi connectivity index (χ0n) is 20.9. The fourth-order valence-electron chi connectivity index (χ4n) is 5.26. The summed E-state index contributed by atoms with van der Waals surface area (Å²) < 4.78 is 0. The maximum Gasteiger partial charge on any atom is -0.0140 e. The van der Waals surface area contributed by atoms with Crippen molar-refractivity contribution in [3.05, 3.63) is 58.1 Å². The predicted octanol–water partition coefficient (Wildman–Crippen LogP) is 9.67. The molecule has 168 valence electrons. The molecule has 0 spiro atoms. The standard InChI is InChI=1S/C31H44/c1-6-10-17-25-26(18-11-7-2)28(20-13-9-4)31-22-29-23(5)15-14-16-24(29)21-30(31)27(25)19-12-8-3/h14-16,21-22H,6-13,17-20H2,1-5H3. The Morgan fingerprint density at radius 1 is 0.516 bits per heavy atom. The number of fused-ring (bicyclic) bond motifs is 2. The molecule has 0 unspecified atom stereocenters. The summed E-state index contributed by atoms with van der Waals surface area (Å²) >= 11 is 0. The second-order valence-electron chi connectivity index (χ2n) is 9.52. The minimum absolute atomic E-state index is 1.23. The highest BCUT2D eigenvalue weighted by molar-refractivity contribution is 6.03. The average molecular weight is 417 g/mol. The van der Waals surface area contributed by atoms with Gasteiger partial charge in [0.05, 0.1) is 0 Å². The van der Waals surface area contributed by atoms with Gasteiger partial charge in [-0.05, 0) is 120 Å². The fraction of sp³-hybridized carbons (Fsp3) is 0.548. The summed E-state index contributed by atoms with van der Waals surface area (Å²) in [4.78, 5) is 0. The van der Waals surface area contributed by atoms with Crippen molar-refractivity contribution >= 4 is 21.5 Å². The second kappa shape index (κ2) is 11.7. The molecule has 0 N–H and O–H groups in total. The molecule has 0 saturated carbocycles. The monoisotopic (exact) mass is 416 g/mol. The van der Waals surface area contributed by atoms with Crippen molar-refractivity contribution in [3.8, 4) is 0 Å². The molecule has 3 rings (SSSR count). The van der Waals surface area contributed by atoms with Crippen molar-refractivity contribution < 1.29 is 0 Å². The SMILES string of the molecule is CCCCc1c(CCCC)c(CCCC)c2cc3c(C)cccc3cc2c1CCCC. The first-order valence-corrected chi connectivity index (χ1v) is 13.1. The molecule has 0 amide bonds. The van der Waals surface area contributed by atoms with E-state index >= 15 is 0 Å². The molecule has 0 atom stereocenters. The first-order valence-electron chi connectivity index (χ1n) is 13.1. The molecule has 0 radical (unpaired) electrons. The summed E-state index contributed by atoms with van der Waals surface area (Å²) in [6.45, 7) is 11.6. The molecule has 31 heavy (non-hydrogen) atoms. The number of rotatable bonds is 12. The van der Waals surface area contributed by atoms with E-state index in [9.17, 15) is 0 Å². The minimum atomic E-state index is 1.23. The van der Waals surface area contributed by atoms with Crippen molar-refractivity contribution in [2.45, 2.75) is 112 Å². The zero-order chi connectivity index (χ0) is 22.2. The number of unbranched alkanes of at least 4 members (excludes halogenated alkanes) is 4. The molecule has 3 aromatic carbocycles. The second-order valence-corrected chi connectivity index (χ2v) is 9.52. The van der Waals surface area contributed by atoms with Gasteiger partial charge in [0.2, 0.25) is 0 Å². The predicted molar refractivity (Wildman–Crippen MR) is 141 cm³/mol. The summed E-state index contributed by atoms with van der Waals surface area (Å²) in [5.74, 6) is 0. The van der Waals surface area contributed by atoms with Crippen LogP contribution < -0.4 is 0 Å². The van der Waals surface area contributed by atoms with Gasteiger partial charge in [-0.2, -0.15) is 0 Å². The van der Waals surface area contributed by atoms with Crippen molar-refractivity contribution in [1.29, 1.82) is 0 Å². The summed E-state index contributed by atoms with van der Waals surface area (Å²) in [6, 6.07) is 11.9. The van der Waals surface area contributed by atoms with Crippen LogP contribution in [0.2, 0.25) is 0 Å². The van der Waals surface area contributed by atoms with E-state index in [1.807, 2.05) is 0 Å². The van der Waals surface area contributed by atoms with Crippen LogP contribution in [0.3, 0.4) is 0 Å². The van der Waals surface area contributed by atoms with E-state index in [0.29, 0.717) is 0 Å². The van der Waals surface area contributed by atoms with Crippen LogP contribution in [0.25, 0.3) is 21.5 Å². The topological polar surface area (TPSA) is 0 Å². The highest BCUT2D eigenvalue weighted by atomic mass is 14.2. The average Bonchev–Trinajstić information content (AvgIpc) is 2.78. The molecular weight excluding hydrogens is 372 g/mol. The van der Waals surface area contributed by atoms with Crippen molar-refractivity contribution in [1.82, 2.24) is 0 Å².